The summed E-state index contributed by atoms with van der Waals surface area (Å²) in [6.45, 7) is 1.42. The van der Waals surface area contributed by atoms with Gasteiger partial charge in [0.15, 0.2) is 0 Å². The molecule has 2 rings (SSSR count). The lowest BCUT2D eigenvalue weighted by atomic mass is 9.54. The Morgan fingerprint density at radius 1 is 1.22 bits per heavy atom. The highest BCUT2D eigenvalue weighted by atomic mass is 19.2. The minimum absolute atomic E-state index is 0.0920. The van der Waals surface area contributed by atoms with Gasteiger partial charge >= 0.3 is 0 Å². The van der Waals surface area contributed by atoms with Gasteiger partial charge < -0.3 is 0 Å². The zero-order valence-corrected chi connectivity index (χ0v) is 9.68. The minimum Gasteiger partial charge on any atom is -0.249 e. The average Bonchev–Trinajstić information content (AvgIpc) is 2.24. The molecule has 0 aliphatic heterocycles. The van der Waals surface area contributed by atoms with Crippen LogP contribution in [-0.4, -0.2) is 12.8 Å². The molecule has 1 aliphatic carbocycles. The molecule has 0 saturated carbocycles. The molecular formula is C13H10BF4. The summed E-state index contributed by atoms with van der Waals surface area (Å²) in [6.07, 6.45) is 3.12. The van der Waals surface area contributed by atoms with Crippen molar-refractivity contribution in [2.45, 2.75) is 18.9 Å². The third kappa shape index (κ3) is 2.66. The Morgan fingerprint density at radius 2 is 1.94 bits per heavy atom. The van der Waals surface area contributed by atoms with Crippen LogP contribution in [0.15, 0.2) is 36.2 Å². The highest BCUT2D eigenvalue weighted by molar-refractivity contribution is 6.57. The van der Waals surface area contributed by atoms with Gasteiger partial charge in [-0.15, -0.1) is 0 Å². The monoisotopic (exact) mass is 253 g/mol. The number of hydrogen-bond acceptors (Lipinski definition) is 0. The highest BCUT2D eigenvalue weighted by Crippen LogP contribution is 2.27. The Morgan fingerprint density at radius 3 is 2.61 bits per heavy atom. The second-order valence-electron chi connectivity index (χ2n) is 4.32. The fraction of sp³-hybridized carbons (Fsp3) is 0.231. The molecule has 0 saturated heterocycles. The molecule has 0 nitrogen and oxygen atoms in total. The Bertz CT molecular complexity index is 536. The van der Waals surface area contributed by atoms with Crippen molar-refractivity contribution in [1.29, 1.82) is 0 Å². The van der Waals surface area contributed by atoms with Crippen LogP contribution >= 0.6 is 0 Å². The molecule has 0 bridgehead atoms. The molecule has 0 spiro atoms. The van der Waals surface area contributed by atoms with Crippen molar-refractivity contribution in [3.05, 3.63) is 53.4 Å². The number of rotatable bonds is 2. The average molecular weight is 253 g/mol. The first-order valence-corrected chi connectivity index (χ1v) is 5.44. The Balaban J connectivity index is 2.30. The maximum Gasteiger partial charge on any atom is 0.207 e. The van der Waals surface area contributed by atoms with E-state index in [9.17, 15) is 17.6 Å². The summed E-state index contributed by atoms with van der Waals surface area (Å²) in [5.41, 5.74) is -1.82. The van der Waals surface area contributed by atoms with E-state index < -0.39 is 29.5 Å². The molecule has 1 unspecified atom stereocenters. The predicted octanol–water partition coefficient (Wildman–Crippen LogP) is 3.08. The zero-order valence-electron chi connectivity index (χ0n) is 9.68. The van der Waals surface area contributed by atoms with E-state index >= 15 is 0 Å². The third-order valence-corrected chi connectivity index (χ3v) is 2.83. The Kier molecular flexibility index (Phi) is 3.33. The largest absolute Gasteiger partial charge is 0.249 e. The molecule has 1 radical (unpaired) electrons. The number of hydrogen-bond donors (Lipinski definition) is 0. The maximum absolute atomic E-state index is 14.3. The first-order chi connectivity index (χ1) is 8.39. The second-order valence-corrected chi connectivity index (χ2v) is 4.32. The van der Waals surface area contributed by atoms with Crippen molar-refractivity contribution in [3.8, 4) is 0 Å². The van der Waals surface area contributed by atoms with Crippen molar-refractivity contribution in [2.24, 2.45) is 0 Å². The van der Waals surface area contributed by atoms with Gasteiger partial charge in [-0.05, 0) is 24.6 Å². The van der Waals surface area contributed by atoms with E-state index in [1.165, 1.54) is 19.1 Å². The molecule has 93 valence electrons. The summed E-state index contributed by atoms with van der Waals surface area (Å²) in [4.78, 5) is 0. The molecule has 1 aromatic carbocycles. The maximum atomic E-state index is 14.3. The summed E-state index contributed by atoms with van der Waals surface area (Å²) in [5, 5.41) is 0. The smallest absolute Gasteiger partial charge is 0.207 e. The minimum atomic E-state index is -2.05. The van der Waals surface area contributed by atoms with Crippen molar-refractivity contribution >= 4 is 12.7 Å². The fourth-order valence-electron chi connectivity index (χ4n) is 1.86. The van der Waals surface area contributed by atoms with Gasteiger partial charge in [0, 0.05) is 12.5 Å². The normalized spacial score (nSPS) is 22.8. The van der Waals surface area contributed by atoms with Crippen LogP contribution in [0.2, 0.25) is 0 Å². The first-order valence-electron chi connectivity index (χ1n) is 5.44. The molecule has 18 heavy (non-hydrogen) atoms. The molecule has 5 heteroatoms. The highest BCUT2D eigenvalue weighted by Gasteiger charge is 2.32. The fourth-order valence-corrected chi connectivity index (χ4v) is 1.86. The van der Waals surface area contributed by atoms with Crippen LogP contribution in [0, 0.1) is 18.6 Å². The molecule has 1 aromatic rings. The third-order valence-electron chi connectivity index (χ3n) is 2.83. The van der Waals surface area contributed by atoms with Gasteiger partial charge in [0.2, 0.25) is 7.28 Å². The lowest BCUT2D eigenvalue weighted by Crippen LogP contribution is -2.39. The molecular weight excluding hydrogens is 243 g/mol. The van der Waals surface area contributed by atoms with E-state index in [1.807, 2.05) is 0 Å². The molecule has 1 atom stereocenters. The molecule has 0 fully saturated rings. The second kappa shape index (κ2) is 4.63. The molecule has 1 aliphatic rings. The van der Waals surface area contributed by atoms with Gasteiger partial charge in [-0.2, -0.15) is 0 Å². The Hall–Kier alpha value is -1.52. The first kappa shape index (κ1) is 12.9. The molecule has 0 amide bonds. The van der Waals surface area contributed by atoms with E-state index in [2.05, 4.69) is 0 Å². The van der Waals surface area contributed by atoms with Crippen molar-refractivity contribution in [2.75, 3.05) is 0 Å². The van der Waals surface area contributed by atoms with Crippen LogP contribution in [-0.2, 0) is 0 Å². The van der Waals surface area contributed by atoms with Crippen molar-refractivity contribution < 1.29 is 17.6 Å². The molecule has 0 heterocycles. The summed E-state index contributed by atoms with van der Waals surface area (Å²) in [7, 11) is 1.04. The van der Waals surface area contributed by atoms with Crippen LogP contribution < -0.4 is 5.46 Å². The van der Waals surface area contributed by atoms with Gasteiger partial charge in [0.1, 0.15) is 23.0 Å². The van der Waals surface area contributed by atoms with Crippen LogP contribution in [0.4, 0.5) is 17.6 Å². The summed E-state index contributed by atoms with van der Waals surface area (Å²) in [5.74, 6) is -2.14. The summed E-state index contributed by atoms with van der Waals surface area (Å²) < 4.78 is 53.7. The van der Waals surface area contributed by atoms with Crippen molar-refractivity contribution in [3.63, 3.8) is 0 Å². The van der Waals surface area contributed by atoms with Gasteiger partial charge in [0.05, 0.1) is 0 Å². The van der Waals surface area contributed by atoms with E-state index in [0.29, 0.717) is 0 Å². The number of allylic oxidation sites excluding steroid dienone is 4. The standard InChI is InChI=1S/C13H10BF4/c1-8-11(5-10(16)6-12(8)17)14-13(18)4-2-3-9(15)7-13/h2-6H,7H2,1H3. The topological polar surface area (TPSA) is 0 Å². The number of halogens is 4. The lowest BCUT2D eigenvalue weighted by molar-refractivity contribution is 0.316. The predicted molar refractivity (Wildman–Crippen MR) is 63.3 cm³/mol. The number of alkyl halides is 1. The summed E-state index contributed by atoms with van der Waals surface area (Å²) >= 11 is 0. The van der Waals surface area contributed by atoms with Crippen LogP contribution in [0.5, 0.6) is 0 Å². The van der Waals surface area contributed by atoms with E-state index in [4.69, 9.17) is 0 Å². The van der Waals surface area contributed by atoms with E-state index in [1.54, 1.807) is 0 Å². The van der Waals surface area contributed by atoms with Gasteiger partial charge in [-0.1, -0.05) is 17.6 Å². The van der Waals surface area contributed by atoms with Crippen LogP contribution in [0.1, 0.15) is 12.0 Å². The van der Waals surface area contributed by atoms with Gasteiger partial charge in [0.25, 0.3) is 0 Å². The van der Waals surface area contributed by atoms with E-state index in [-0.39, 0.29) is 11.0 Å². The molecule has 0 N–H and O–H groups in total. The SMILES string of the molecule is Cc1c(F)cc(F)cc1[B]C1(F)C=CC=C(F)C1. The quantitative estimate of drug-likeness (QED) is 0.561. The van der Waals surface area contributed by atoms with Crippen LogP contribution in [0.3, 0.4) is 0 Å². The summed E-state index contributed by atoms with van der Waals surface area (Å²) in [6, 6.07) is 1.76. The zero-order chi connectivity index (χ0) is 13.3. The Labute approximate surface area is 103 Å². The van der Waals surface area contributed by atoms with Gasteiger partial charge in [-0.25, -0.2) is 17.6 Å². The van der Waals surface area contributed by atoms with E-state index in [0.717, 1.165) is 25.5 Å². The lowest BCUT2D eigenvalue weighted by Gasteiger charge is -2.23. The molecule has 0 aromatic heterocycles. The van der Waals surface area contributed by atoms with Crippen molar-refractivity contribution in [1.82, 2.24) is 0 Å². The number of benzene rings is 1. The van der Waals surface area contributed by atoms with Gasteiger partial charge in [-0.3, -0.25) is 0 Å². The van der Waals surface area contributed by atoms with Crippen LogP contribution in [0.25, 0.3) is 0 Å².